The van der Waals surface area contributed by atoms with Crippen LogP contribution in [0, 0.1) is 0 Å². The van der Waals surface area contributed by atoms with Crippen LogP contribution in [0.2, 0.25) is 0 Å². The van der Waals surface area contributed by atoms with E-state index >= 15 is 0 Å². The summed E-state index contributed by atoms with van der Waals surface area (Å²) in [6, 6.07) is 1.62. The Hall–Kier alpha value is -1.58. The fourth-order valence-corrected chi connectivity index (χ4v) is 3.81. The van der Waals surface area contributed by atoms with Crippen molar-refractivity contribution in [3.05, 3.63) is 29.3 Å². The van der Waals surface area contributed by atoms with Crippen LogP contribution in [-0.4, -0.2) is 37.2 Å². The summed E-state index contributed by atoms with van der Waals surface area (Å²) >= 11 is 1.46. The first-order valence-electron chi connectivity index (χ1n) is 7.73. The molecule has 1 aromatic rings. The van der Waals surface area contributed by atoms with Gasteiger partial charge in [0.1, 0.15) is 0 Å². The Morgan fingerprint density at radius 1 is 1.15 bits per heavy atom. The van der Waals surface area contributed by atoms with Gasteiger partial charge in [-0.25, -0.2) is 0 Å². The van der Waals surface area contributed by atoms with Crippen LogP contribution in [0.5, 0.6) is 0 Å². The van der Waals surface area contributed by atoms with E-state index in [-0.39, 0.29) is 29.4 Å². The number of rotatable bonds is 5. The summed E-state index contributed by atoms with van der Waals surface area (Å²) in [6.45, 7) is 0.680. The van der Waals surface area contributed by atoms with Crippen LogP contribution in [0.15, 0.2) is 18.2 Å². The minimum absolute atomic E-state index is 0.0311. The van der Waals surface area contributed by atoms with E-state index in [9.17, 15) is 31.1 Å². The van der Waals surface area contributed by atoms with E-state index < -0.39 is 23.5 Å². The van der Waals surface area contributed by atoms with Gasteiger partial charge >= 0.3 is 18.3 Å². The molecule has 1 saturated heterocycles. The zero-order valence-corrected chi connectivity index (χ0v) is 14.6. The Bertz CT molecular complexity index is 614. The topological polar surface area (TPSA) is 29.5 Å². The van der Waals surface area contributed by atoms with E-state index in [0.717, 1.165) is 12.1 Å². The first-order chi connectivity index (χ1) is 12.0. The number of methoxy groups -OCH3 is 1. The van der Waals surface area contributed by atoms with E-state index in [1.54, 1.807) is 0 Å². The summed E-state index contributed by atoms with van der Waals surface area (Å²) in [5.41, 5.74) is -2.73. The molecule has 26 heavy (non-hydrogen) atoms. The summed E-state index contributed by atoms with van der Waals surface area (Å²) in [5, 5.41) is 0.0311. The number of carbonyl (C=O) groups excluding carboxylic acids is 1. The van der Waals surface area contributed by atoms with Crippen LogP contribution >= 0.6 is 11.8 Å². The van der Waals surface area contributed by atoms with Gasteiger partial charge in [-0.3, -0.25) is 4.79 Å². The largest absolute Gasteiger partial charge is 0.469 e. The van der Waals surface area contributed by atoms with Crippen LogP contribution in [-0.2, 0) is 21.9 Å². The maximum Gasteiger partial charge on any atom is 0.416 e. The molecule has 0 spiro atoms. The molecule has 0 saturated carbocycles. The van der Waals surface area contributed by atoms with Crippen molar-refractivity contribution in [3.63, 3.8) is 0 Å². The monoisotopic (exact) mass is 401 g/mol. The molecule has 1 atom stereocenters. The Labute approximate surface area is 150 Å². The second-order valence-corrected chi connectivity index (χ2v) is 7.23. The second-order valence-electron chi connectivity index (χ2n) is 5.82. The number of anilines is 1. The van der Waals surface area contributed by atoms with Crippen LogP contribution in [0.4, 0.5) is 32.0 Å². The second kappa shape index (κ2) is 7.98. The molecule has 2 rings (SSSR count). The lowest BCUT2D eigenvalue weighted by molar-refractivity contribution is -0.143. The van der Waals surface area contributed by atoms with Gasteiger partial charge < -0.3 is 9.64 Å². The normalized spacial score (nSPS) is 18.3. The number of esters is 1. The minimum atomic E-state index is -4.86. The molecule has 1 aromatic carbocycles. The summed E-state index contributed by atoms with van der Waals surface area (Å²) in [6.07, 6.45) is -8.89. The fraction of sp³-hybridized carbons (Fsp3) is 0.562. The van der Waals surface area contributed by atoms with Crippen LogP contribution in [0.3, 0.4) is 0 Å². The number of thioether (sulfide) groups is 1. The lowest BCUT2D eigenvalue weighted by Crippen LogP contribution is -2.22. The van der Waals surface area contributed by atoms with Gasteiger partial charge in [0.05, 0.1) is 24.7 Å². The summed E-state index contributed by atoms with van der Waals surface area (Å²) in [7, 11) is 1.27. The molecule has 1 aliphatic rings. The number of hydrogen-bond donors (Lipinski definition) is 0. The average molecular weight is 401 g/mol. The molecule has 1 fully saturated rings. The molecule has 0 amide bonds. The van der Waals surface area contributed by atoms with Crippen LogP contribution < -0.4 is 4.90 Å². The highest BCUT2D eigenvalue weighted by Gasteiger charge is 2.38. The van der Waals surface area contributed by atoms with Gasteiger partial charge in [-0.05, 0) is 24.6 Å². The molecular formula is C16H17F6NO2S. The van der Waals surface area contributed by atoms with Gasteiger partial charge in [0.15, 0.2) is 0 Å². The smallest absolute Gasteiger partial charge is 0.416 e. The van der Waals surface area contributed by atoms with Crippen molar-refractivity contribution in [2.24, 2.45) is 0 Å². The Morgan fingerprint density at radius 3 is 2.23 bits per heavy atom. The Morgan fingerprint density at radius 2 is 1.73 bits per heavy atom. The third-order valence-corrected chi connectivity index (χ3v) is 5.27. The first-order valence-corrected chi connectivity index (χ1v) is 8.78. The number of alkyl halides is 6. The van der Waals surface area contributed by atoms with Gasteiger partial charge in [0.2, 0.25) is 0 Å². The molecule has 146 valence electrons. The third kappa shape index (κ3) is 5.46. The highest BCUT2D eigenvalue weighted by molar-refractivity contribution is 7.99. The maximum absolute atomic E-state index is 12.9. The lowest BCUT2D eigenvalue weighted by Gasteiger charge is -2.22. The van der Waals surface area contributed by atoms with E-state index in [1.807, 2.05) is 0 Å². The van der Waals surface area contributed by atoms with Gasteiger partial charge in [0, 0.05) is 29.8 Å². The molecule has 0 aromatic heterocycles. The summed E-state index contributed by atoms with van der Waals surface area (Å²) < 4.78 is 82.2. The van der Waals surface area contributed by atoms with Crippen molar-refractivity contribution in [3.8, 4) is 0 Å². The number of nitrogens with zero attached hydrogens (tertiary/aromatic N) is 1. The van der Waals surface area contributed by atoms with Gasteiger partial charge in [-0.1, -0.05) is 0 Å². The van der Waals surface area contributed by atoms with Crippen molar-refractivity contribution in [1.82, 2.24) is 0 Å². The van der Waals surface area contributed by atoms with Crippen LogP contribution in [0.1, 0.15) is 24.0 Å². The average Bonchev–Trinajstić information content (AvgIpc) is 3.01. The predicted octanol–water partition coefficient (Wildman–Crippen LogP) is 4.60. The highest BCUT2D eigenvalue weighted by atomic mass is 32.2. The molecular weight excluding hydrogens is 384 g/mol. The van der Waals surface area contributed by atoms with E-state index in [1.165, 1.54) is 23.8 Å². The third-order valence-electron chi connectivity index (χ3n) is 3.97. The van der Waals surface area contributed by atoms with Crippen molar-refractivity contribution < 1.29 is 35.9 Å². The van der Waals surface area contributed by atoms with Crippen molar-refractivity contribution in [2.75, 3.05) is 30.9 Å². The number of halogens is 6. The minimum Gasteiger partial charge on any atom is -0.469 e. The molecule has 0 N–H and O–H groups in total. The zero-order valence-electron chi connectivity index (χ0n) is 13.8. The Balaban J connectivity index is 2.12. The van der Waals surface area contributed by atoms with Crippen molar-refractivity contribution in [1.29, 1.82) is 0 Å². The summed E-state index contributed by atoms with van der Waals surface area (Å²) in [4.78, 5) is 12.6. The van der Waals surface area contributed by atoms with E-state index in [2.05, 4.69) is 4.74 Å². The Kier molecular flexibility index (Phi) is 6.36. The zero-order chi connectivity index (χ0) is 19.5. The molecule has 0 aliphatic carbocycles. The number of carbonyl (C=O) groups is 1. The number of ether oxygens (including phenoxy) is 1. The SMILES string of the molecule is COC(=O)CCSC1CCN(c2cc(C(F)(F)F)cc(C(F)(F)F)c2)C1. The molecule has 1 aliphatic heterocycles. The van der Waals surface area contributed by atoms with E-state index in [4.69, 9.17) is 0 Å². The van der Waals surface area contributed by atoms with Gasteiger partial charge in [-0.15, -0.1) is 0 Å². The molecule has 10 heteroatoms. The van der Waals surface area contributed by atoms with Crippen molar-refractivity contribution >= 4 is 23.4 Å². The molecule has 0 bridgehead atoms. The molecule has 0 radical (unpaired) electrons. The molecule has 1 unspecified atom stereocenters. The predicted molar refractivity (Wildman–Crippen MR) is 86.2 cm³/mol. The lowest BCUT2D eigenvalue weighted by atomic mass is 10.1. The standard InChI is InChI=1S/C16H17F6NO2S/c1-25-14(24)3-5-26-13-2-4-23(9-13)12-7-10(15(17,18)19)6-11(8-12)16(20,21)22/h6-8,13H,2-5,9H2,1H3. The number of benzene rings is 1. The fourth-order valence-electron chi connectivity index (χ4n) is 2.63. The highest BCUT2D eigenvalue weighted by Crippen LogP contribution is 2.39. The molecule has 3 nitrogen and oxygen atoms in total. The van der Waals surface area contributed by atoms with Gasteiger partial charge in [-0.2, -0.15) is 38.1 Å². The van der Waals surface area contributed by atoms with E-state index in [0.29, 0.717) is 25.3 Å². The maximum atomic E-state index is 12.9. The van der Waals surface area contributed by atoms with Gasteiger partial charge in [0.25, 0.3) is 0 Å². The summed E-state index contributed by atoms with van der Waals surface area (Å²) in [5.74, 6) is 0.127. The first kappa shape index (κ1) is 20.7. The van der Waals surface area contributed by atoms with Crippen molar-refractivity contribution in [2.45, 2.75) is 30.4 Å². The number of hydrogen-bond acceptors (Lipinski definition) is 4. The molecule has 1 heterocycles. The quantitative estimate of drug-likeness (QED) is 0.533. The van der Waals surface area contributed by atoms with Crippen LogP contribution in [0.25, 0.3) is 0 Å².